The van der Waals surface area contributed by atoms with Gasteiger partial charge in [-0.25, -0.2) is 9.97 Å². The summed E-state index contributed by atoms with van der Waals surface area (Å²) in [7, 11) is 0. The van der Waals surface area contributed by atoms with Gasteiger partial charge >= 0.3 is 0 Å². The molecular weight excluding hydrogens is 396 g/mol. The molecule has 0 saturated carbocycles. The highest BCUT2D eigenvalue weighted by Gasteiger charge is 2.46. The summed E-state index contributed by atoms with van der Waals surface area (Å²) in [4.78, 5) is 12.9. The summed E-state index contributed by atoms with van der Waals surface area (Å²) < 4.78 is 7.66. The van der Waals surface area contributed by atoms with Crippen molar-refractivity contribution in [3.8, 4) is 0 Å². The number of nitrogens with zero attached hydrogens (tertiary/aromatic N) is 5. The summed E-state index contributed by atoms with van der Waals surface area (Å²) in [5.74, 6) is 0.945. The molecule has 2 aromatic heterocycles. The number of benzene rings is 1. The van der Waals surface area contributed by atoms with Crippen LogP contribution in [-0.2, 0) is 24.5 Å². The minimum Gasteiger partial charge on any atom is -0.372 e. The molecule has 5 heterocycles. The Morgan fingerprint density at radius 3 is 2.80 bits per heavy atom. The van der Waals surface area contributed by atoms with Crippen LogP contribution in [0, 0.1) is 5.41 Å². The molecule has 1 atom stereocenters. The zero-order valence-electron chi connectivity index (χ0n) is 16.7. The predicted molar refractivity (Wildman–Crippen MR) is 114 cm³/mol. The lowest BCUT2D eigenvalue weighted by molar-refractivity contribution is 0.133. The molecular formula is C22H24N6OS. The number of hydrogen-bond acceptors (Lipinski definition) is 7. The van der Waals surface area contributed by atoms with Crippen LogP contribution in [0.15, 0.2) is 52.8 Å². The topological polar surface area (TPSA) is 82.1 Å². The SMILES string of the molecule is N[C@@H]1c2ccnn2CC12CCN(c1cnc(Sc3cccc4c3COC4)cn1)CC2. The summed E-state index contributed by atoms with van der Waals surface area (Å²) in [6, 6.07) is 8.48. The molecule has 6 rings (SSSR count). The van der Waals surface area contributed by atoms with Gasteiger partial charge in [0.25, 0.3) is 0 Å². The summed E-state index contributed by atoms with van der Waals surface area (Å²) in [6.45, 7) is 4.21. The van der Waals surface area contributed by atoms with Crippen molar-refractivity contribution in [1.82, 2.24) is 19.7 Å². The molecule has 0 amide bonds. The van der Waals surface area contributed by atoms with Crippen molar-refractivity contribution < 1.29 is 4.74 Å². The zero-order chi connectivity index (χ0) is 20.1. The van der Waals surface area contributed by atoms with Crippen LogP contribution < -0.4 is 10.6 Å². The molecule has 2 N–H and O–H groups in total. The molecule has 8 heteroatoms. The summed E-state index contributed by atoms with van der Waals surface area (Å²) >= 11 is 1.66. The second kappa shape index (κ2) is 7.08. The molecule has 3 aliphatic rings. The van der Waals surface area contributed by atoms with Gasteiger partial charge in [-0.05, 0) is 36.1 Å². The largest absolute Gasteiger partial charge is 0.372 e. The Kier molecular flexibility index (Phi) is 4.33. The lowest BCUT2D eigenvalue weighted by atomic mass is 9.73. The van der Waals surface area contributed by atoms with E-state index in [-0.39, 0.29) is 11.5 Å². The third kappa shape index (κ3) is 2.93. The quantitative estimate of drug-likeness (QED) is 0.697. The molecule has 1 spiro atoms. The highest BCUT2D eigenvalue weighted by molar-refractivity contribution is 7.99. The van der Waals surface area contributed by atoms with Gasteiger partial charge in [0.15, 0.2) is 0 Å². The number of ether oxygens (including phenoxy) is 1. The summed E-state index contributed by atoms with van der Waals surface area (Å²) in [6.07, 6.45) is 7.73. The van der Waals surface area contributed by atoms with Gasteiger partial charge < -0.3 is 15.4 Å². The maximum Gasteiger partial charge on any atom is 0.147 e. The van der Waals surface area contributed by atoms with Gasteiger partial charge in [0.1, 0.15) is 10.8 Å². The third-order valence-corrected chi connectivity index (χ3v) is 7.86. The monoisotopic (exact) mass is 420 g/mol. The Bertz CT molecular complexity index is 1070. The fraction of sp³-hybridized carbons (Fsp3) is 0.409. The second-order valence-corrected chi connectivity index (χ2v) is 9.50. The molecule has 7 nitrogen and oxygen atoms in total. The van der Waals surface area contributed by atoms with Crippen LogP contribution in [0.5, 0.6) is 0 Å². The first-order chi connectivity index (χ1) is 14.7. The molecule has 30 heavy (non-hydrogen) atoms. The number of fused-ring (bicyclic) bond motifs is 2. The first kappa shape index (κ1) is 18.4. The number of nitrogens with two attached hydrogens (primary N) is 1. The molecule has 0 radical (unpaired) electrons. The van der Waals surface area contributed by atoms with Crippen LogP contribution in [0.2, 0.25) is 0 Å². The molecule has 1 saturated heterocycles. The van der Waals surface area contributed by atoms with Crippen molar-refractivity contribution in [2.45, 2.75) is 48.6 Å². The fourth-order valence-corrected chi connectivity index (χ4v) is 5.90. The molecule has 0 aliphatic carbocycles. The first-order valence-corrected chi connectivity index (χ1v) is 11.2. The Balaban J connectivity index is 1.13. The van der Waals surface area contributed by atoms with Gasteiger partial charge in [-0.2, -0.15) is 5.10 Å². The zero-order valence-corrected chi connectivity index (χ0v) is 17.5. The molecule has 0 bridgehead atoms. The minimum atomic E-state index is 0.0728. The van der Waals surface area contributed by atoms with E-state index in [0.717, 1.165) is 43.3 Å². The van der Waals surface area contributed by atoms with Crippen LogP contribution >= 0.6 is 11.8 Å². The van der Waals surface area contributed by atoms with Crippen LogP contribution in [0.4, 0.5) is 5.82 Å². The van der Waals surface area contributed by atoms with Gasteiger partial charge in [0, 0.05) is 36.1 Å². The lowest BCUT2D eigenvalue weighted by Crippen LogP contribution is -2.45. The van der Waals surface area contributed by atoms with Crippen molar-refractivity contribution in [3.63, 3.8) is 0 Å². The number of aromatic nitrogens is 4. The van der Waals surface area contributed by atoms with Crippen molar-refractivity contribution in [2.24, 2.45) is 11.1 Å². The van der Waals surface area contributed by atoms with E-state index in [4.69, 9.17) is 15.5 Å². The Morgan fingerprint density at radius 1 is 1.10 bits per heavy atom. The average molecular weight is 421 g/mol. The highest BCUT2D eigenvalue weighted by Crippen LogP contribution is 2.47. The molecule has 3 aliphatic heterocycles. The van der Waals surface area contributed by atoms with E-state index in [2.05, 4.69) is 43.9 Å². The minimum absolute atomic E-state index is 0.0728. The molecule has 1 fully saturated rings. The summed E-state index contributed by atoms with van der Waals surface area (Å²) in [5, 5.41) is 5.34. The predicted octanol–water partition coefficient (Wildman–Crippen LogP) is 3.15. The van der Waals surface area contributed by atoms with Gasteiger partial charge in [-0.15, -0.1) is 0 Å². The Hall–Kier alpha value is -2.42. The van der Waals surface area contributed by atoms with E-state index in [1.165, 1.54) is 21.7 Å². The van der Waals surface area contributed by atoms with Crippen LogP contribution in [0.1, 0.15) is 35.7 Å². The number of anilines is 1. The number of hydrogen-bond donors (Lipinski definition) is 1. The van der Waals surface area contributed by atoms with Gasteiger partial charge in [0.2, 0.25) is 0 Å². The van der Waals surface area contributed by atoms with Gasteiger partial charge in [-0.3, -0.25) is 4.68 Å². The smallest absolute Gasteiger partial charge is 0.147 e. The molecule has 1 aromatic carbocycles. The van der Waals surface area contributed by atoms with E-state index in [1.807, 2.05) is 18.6 Å². The van der Waals surface area contributed by atoms with Crippen molar-refractivity contribution in [2.75, 3.05) is 18.0 Å². The second-order valence-electron chi connectivity index (χ2n) is 8.44. The number of rotatable bonds is 3. The molecule has 0 unspecified atom stereocenters. The normalized spacial score (nSPS) is 21.8. The average Bonchev–Trinajstić information content (AvgIpc) is 3.48. The maximum atomic E-state index is 6.60. The Morgan fingerprint density at radius 2 is 2.00 bits per heavy atom. The Labute approximate surface area is 179 Å². The number of piperidine rings is 1. The van der Waals surface area contributed by atoms with E-state index in [0.29, 0.717) is 13.2 Å². The standard InChI is InChI=1S/C22H24N6OS/c23-21-17-4-7-26-28(17)14-22(21)5-8-27(9-6-22)19-10-25-20(11-24-19)30-18-3-1-2-15-12-29-13-16(15)18/h1-4,7,10-11,21H,5-6,8-9,12-14,23H2/t21-/m1/s1. The van der Waals surface area contributed by atoms with E-state index < -0.39 is 0 Å². The van der Waals surface area contributed by atoms with Crippen molar-refractivity contribution in [1.29, 1.82) is 0 Å². The molecule has 3 aromatic rings. The van der Waals surface area contributed by atoms with E-state index >= 15 is 0 Å². The maximum absolute atomic E-state index is 6.60. The van der Waals surface area contributed by atoms with Crippen LogP contribution in [0.25, 0.3) is 0 Å². The van der Waals surface area contributed by atoms with E-state index in [9.17, 15) is 0 Å². The lowest BCUT2D eigenvalue weighted by Gasteiger charge is -2.41. The molecule has 154 valence electrons. The first-order valence-electron chi connectivity index (χ1n) is 10.4. The third-order valence-electron chi connectivity index (χ3n) is 6.84. The fourth-order valence-electron chi connectivity index (χ4n) is 5.01. The van der Waals surface area contributed by atoms with Crippen LogP contribution in [0.3, 0.4) is 0 Å². The van der Waals surface area contributed by atoms with Gasteiger partial charge in [0.05, 0.1) is 37.3 Å². The van der Waals surface area contributed by atoms with Crippen molar-refractivity contribution in [3.05, 3.63) is 59.7 Å². The van der Waals surface area contributed by atoms with Crippen LogP contribution in [-0.4, -0.2) is 32.8 Å². The highest BCUT2D eigenvalue weighted by atomic mass is 32.2. The van der Waals surface area contributed by atoms with Crippen molar-refractivity contribution >= 4 is 17.6 Å². The summed E-state index contributed by atoms with van der Waals surface area (Å²) in [5.41, 5.74) is 10.4. The van der Waals surface area contributed by atoms with E-state index in [1.54, 1.807) is 11.8 Å². The van der Waals surface area contributed by atoms with Gasteiger partial charge in [-0.1, -0.05) is 23.9 Å².